The second-order valence-electron chi connectivity index (χ2n) is 6.36. The van der Waals surface area contributed by atoms with Crippen LogP contribution in [0.2, 0.25) is 0 Å². The highest BCUT2D eigenvalue weighted by atomic mass is 32.1. The normalized spacial score (nSPS) is 15.4. The van der Waals surface area contributed by atoms with Crippen LogP contribution in [-0.4, -0.2) is 15.9 Å². The third-order valence-electron chi connectivity index (χ3n) is 4.38. The molecule has 4 rings (SSSR count). The van der Waals surface area contributed by atoms with E-state index >= 15 is 0 Å². The molecule has 2 heterocycles. The Labute approximate surface area is 145 Å². The van der Waals surface area contributed by atoms with Gasteiger partial charge in [-0.3, -0.25) is 9.78 Å². The number of aromatic nitrogens is 2. The molecule has 1 N–H and O–H groups in total. The van der Waals surface area contributed by atoms with Crippen LogP contribution in [0.3, 0.4) is 0 Å². The first kappa shape index (κ1) is 15.3. The first-order chi connectivity index (χ1) is 11.7. The van der Waals surface area contributed by atoms with Crippen molar-refractivity contribution in [3.05, 3.63) is 58.2 Å². The number of rotatable bonds is 5. The number of pyridine rings is 1. The Hall–Kier alpha value is -2.27. The summed E-state index contributed by atoms with van der Waals surface area (Å²) in [6.07, 6.45) is 6.34. The van der Waals surface area contributed by atoms with E-state index in [2.05, 4.69) is 22.2 Å². The lowest BCUT2D eigenvalue weighted by Gasteiger charge is -2.16. The van der Waals surface area contributed by atoms with Crippen LogP contribution in [0.4, 0.5) is 0 Å². The zero-order valence-electron chi connectivity index (χ0n) is 13.5. The molecule has 0 spiro atoms. The Morgan fingerprint density at radius 3 is 2.88 bits per heavy atom. The fourth-order valence-electron chi connectivity index (χ4n) is 3.03. The van der Waals surface area contributed by atoms with E-state index in [0.29, 0.717) is 12.3 Å². The standard InChI is InChI=1S/C19H19N3OS/c1-12-11-21-19(24-12)18(14-7-8-14)22-16(23)10-15-5-2-4-13-6-3-9-20-17(13)15/h2-6,9,11,14,18H,7-8,10H2,1H3,(H,22,23)/t18-/m1/s1. The summed E-state index contributed by atoms with van der Waals surface area (Å²) in [5.74, 6) is 0.572. The lowest BCUT2D eigenvalue weighted by molar-refractivity contribution is -0.121. The van der Waals surface area contributed by atoms with Crippen LogP contribution in [0.5, 0.6) is 0 Å². The first-order valence-corrected chi connectivity index (χ1v) is 9.06. The fourth-order valence-corrected chi connectivity index (χ4v) is 3.95. The molecule has 0 aliphatic heterocycles. The SMILES string of the molecule is Cc1cnc([C@H](NC(=O)Cc2cccc3cccnc23)C2CC2)s1. The van der Waals surface area contributed by atoms with Gasteiger partial charge < -0.3 is 5.32 Å². The maximum atomic E-state index is 12.6. The maximum Gasteiger partial charge on any atom is 0.225 e. The van der Waals surface area contributed by atoms with E-state index < -0.39 is 0 Å². The summed E-state index contributed by atoms with van der Waals surface area (Å²) in [6, 6.07) is 9.98. The molecule has 1 aromatic carbocycles. The van der Waals surface area contributed by atoms with Gasteiger partial charge in [-0.05, 0) is 37.3 Å². The van der Waals surface area contributed by atoms with Crippen molar-refractivity contribution in [1.29, 1.82) is 0 Å². The highest BCUT2D eigenvalue weighted by molar-refractivity contribution is 7.11. The van der Waals surface area contributed by atoms with E-state index in [1.807, 2.05) is 36.5 Å². The second kappa shape index (κ2) is 6.32. The molecule has 1 fully saturated rings. The minimum Gasteiger partial charge on any atom is -0.346 e. The van der Waals surface area contributed by atoms with Gasteiger partial charge in [-0.1, -0.05) is 24.3 Å². The summed E-state index contributed by atoms with van der Waals surface area (Å²) in [5, 5.41) is 5.30. The molecule has 4 nitrogen and oxygen atoms in total. The van der Waals surface area contributed by atoms with Gasteiger partial charge in [0.05, 0.1) is 18.0 Å². The molecule has 0 saturated heterocycles. The molecule has 1 aliphatic rings. The van der Waals surface area contributed by atoms with Gasteiger partial charge in [0.25, 0.3) is 0 Å². The quantitative estimate of drug-likeness (QED) is 0.770. The highest BCUT2D eigenvalue weighted by Crippen LogP contribution is 2.42. The number of thiazole rings is 1. The molecule has 1 atom stereocenters. The average molecular weight is 337 g/mol. The van der Waals surface area contributed by atoms with Crippen molar-refractivity contribution in [2.24, 2.45) is 5.92 Å². The Kier molecular flexibility index (Phi) is 4.02. The average Bonchev–Trinajstić information content (AvgIpc) is 3.34. The van der Waals surface area contributed by atoms with Crippen LogP contribution in [0.15, 0.2) is 42.7 Å². The number of amides is 1. The Morgan fingerprint density at radius 2 is 2.12 bits per heavy atom. The maximum absolute atomic E-state index is 12.6. The summed E-state index contributed by atoms with van der Waals surface area (Å²) >= 11 is 1.68. The minimum absolute atomic E-state index is 0.0397. The molecule has 1 amide bonds. The number of para-hydroxylation sites is 1. The number of hydrogen-bond donors (Lipinski definition) is 1. The van der Waals surface area contributed by atoms with Crippen molar-refractivity contribution in [3.8, 4) is 0 Å². The van der Waals surface area contributed by atoms with E-state index in [4.69, 9.17) is 0 Å². The molecule has 122 valence electrons. The smallest absolute Gasteiger partial charge is 0.225 e. The van der Waals surface area contributed by atoms with Gasteiger partial charge in [-0.25, -0.2) is 4.98 Å². The van der Waals surface area contributed by atoms with Gasteiger partial charge in [0, 0.05) is 22.7 Å². The van der Waals surface area contributed by atoms with Crippen molar-refractivity contribution in [2.45, 2.75) is 32.2 Å². The predicted octanol–water partition coefficient (Wildman–Crippen LogP) is 3.81. The van der Waals surface area contributed by atoms with Crippen LogP contribution in [0.1, 0.15) is 34.3 Å². The lowest BCUT2D eigenvalue weighted by Crippen LogP contribution is -2.31. The number of nitrogens with zero attached hydrogens (tertiary/aromatic N) is 2. The number of aryl methyl sites for hydroxylation is 1. The van der Waals surface area contributed by atoms with Crippen LogP contribution in [-0.2, 0) is 11.2 Å². The van der Waals surface area contributed by atoms with Crippen molar-refractivity contribution in [3.63, 3.8) is 0 Å². The van der Waals surface area contributed by atoms with E-state index in [9.17, 15) is 4.79 Å². The molecule has 24 heavy (non-hydrogen) atoms. The van der Waals surface area contributed by atoms with Crippen molar-refractivity contribution < 1.29 is 4.79 Å². The van der Waals surface area contributed by atoms with Crippen molar-refractivity contribution in [1.82, 2.24) is 15.3 Å². The molecule has 0 unspecified atom stereocenters. The third-order valence-corrected chi connectivity index (χ3v) is 5.38. The highest BCUT2D eigenvalue weighted by Gasteiger charge is 2.35. The zero-order valence-corrected chi connectivity index (χ0v) is 14.3. The summed E-state index contributed by atoms with van der Waals surface area (Å²) in [7, 11) is 0. The molecule has 0 radical (unpaired) electrons. The van der Waals surface area contributed by atoms with E-state index in [0.717, 1.165) is 21.5 Å². The lowest BCUT2D eigenvalue weighted by atomic mass is 10.1. The monoisotopic (exact) mass is 337 g/mol. The number of fused-ring (bicyclic) bond motifs is 1. The summed E-state index contributed by atoms with van der Waals surface area (Å²) in [5.41, 5.74) is 1.87. The topological polar surface area (TPSA) is 54.9 Å². The Balaban J connectivity index is 1.53. The van der Waals surface area contributed by atoms with Crippen LogP contribution in [0, 0.1) is 12.8 Å². The number of carbonyl (C=O) groups is 1. The van der Waals surface area contributed by atoms with Gasteiger partial charge in [0.15, 0.2) is 0 Å². The van der Waals surface area contributed by atoms with Crippen molar-refractivity contribution >= 4 is 28.1 Å². The minimum atomic E-state index is 0.0397. The third kappa shape index (κ3) is 3.17. The summed E-state index contributed by atoms with van der Waals surface area (Å²) in [4.78, 5) is 22.7. The first-order valence-electron chi connectivity index (χ1n) is 8.25. The molecule has 3 aromatic rings. The molecular weight excluding hydrogens is 318 g/mol. The van der Waals surface area contributed by atoms with Crippen LogP contribution >= 0.6 is 11.3 Å². The molecular formula is C19H19N3OS. The zero-order chi connectivity index (χ0) is 16.5. The number of benzene rings is 1. The summed E-state index contributed by atoms with van der Waals surface area (Å²) < 4.78 is 0. The van der Waals surface area contributed by atoms with Crippen LogP contribution < -0.4 is 5.32 Å². The van der Waals surface area contributed by atoms with E-state index in [-0.39, 0.29) is 11.9 Å². The van der Waals surface area contributed by atoms with E-state index in [1.54, 1.807) is 17.5 Å². The molecule has 1 aliphatic carbocycles. The number of carbonyl (C=O) groups excluding carboxylic acids is 1. The van der Waals surface area contributed by atoms with Gasteiger partial charge in [0.1, 0.15) is 5.01 Å². The number of hydrogen-bond acceptors (Lipinski definition) is 4. The van der Waals surface area contributed by atoms with Crippen molar-refractivity contribution in [2.75, 3.05) is 0 Å². The van der Waals surface area contributed by atoms with Gasteiger partial charge in [0.2, 0.25) is 5.91 Å². The number of nitrogens with one attached hydrogen (secondary N) is 1. The van der Waals surface area contributed by atoms with Gasteiger partial charge in [-0.15, -0.1) is 11.3 Å². The second-order valence-corrected chi connectivity index (χ2v) is 7.63. The molecule has 5 heteroatoms. The summed E-state index contributed by atoms with van der Waals surface area (Å²) in [6.45, 7) is 2.05. The Morgan fingerprint density at radius 1 is 1.29 bits per heavy atom. The van der Waals surface area contributed by atoms with Crippen LogP contribution in [0.25, 0.3) is 10.9 Å². The fraction of sp³-hybridized carbons (Fsp3) is 0.316. The molecule has 2 aromatic heterocycles. The van der Waals surface area contributed by atoms with Gasteiger partial charge in [-0.2, -0.15) is 0 Å². The molecule has 1 saturated carbocycles. The van der Waals surface area contributed by atoms with Gasteiger partial charge >= 0.3 is 0 Å². The predicted molar refractivity (Wildman–Crippen MR) is 95.9 cm³/mol. The Bertz CT molecular complexity index is 880. The molecule has 0 bridgehead atoms. The van der Waals surface area contributed by atoms with E-state index in [1.165, 1.54) is 17.7 Å². The largest absolute Gasteiger partial charge is 0.346 e.